The van der Waals surface area contributed by atoms with Gasteiger partial charge in [0.05, 0.1) is 17.3 Å². The maximum atomic E-state index is 14.0. The molecule has 242 valence electrons. The van der Waals surface area contributed by atoms with Crippen LogP contribution >= 0.6 is 0 Å². The van der Waals surface area contributed by atoms with Crippen LogP contribution in [0.4, 0.5) is 22.0 Å². The topological polar surface area (TPSA) is 79.3 Å². The summed E-state index contributed by atoms with van der Waals surface area (Å²) in [4.78, 5) is 28.4. The highest BCUT2D eigenvalue weighted by Gasteiger charge is 2.36. The molecule has 1 aromatic heterocycles. The normalized spacial score (nSPS) is 18.1. The van der Waals surface area contributed by atoms with E-state index in [1.807, 2.05) is 35.2 Å². The first-order valence-corrected chi connectivity index (χ1v) is 15.5. The Hall–Kier alpha value is -3.80. The molecule has 3 aromatic rings. The van der Waals surface area contributed by atoms with Gasteiger partial charge in [-0.2, -0.15) is 18.3 Å². The molecule has 0 unspecified atom stereocenters. The summed E-state index contributed by atoms with van der Waals surface area (Å²) >= 11 is 0. The Kier molecular flexibility index (Phi) is 10.2. The van der Waals surface area contributed by atoms with E-state index in [0.717, 1.165) is 37.3 Å². The Morgan fingerprint density at radius 3 is 2.33 bits per heavy atom. The molecule has 1 saturated carbocycles. The van der Waals surface area contributed by atoms with Gasteiger partial charge in [-0.05, 0) is 37.0 Å². The van der Waals surface area contributed by atoms with Crippen molar-refractivity contribution in [1.82, 2.24) is 25.3 Å². The van der Waals surface area contributed by atoms with Gasteiger partial charge in [0.2, 0.25) is 5.91 Å². The van der Waals surface area contributed by atoms with Crippen LogP contribution in [0.15, 0.2) is 60.7 Å². The molecule has 2 aliphatic rings. The molecule has 2 N–H and O–H groups in total. The van der Waals surface area contributed by atoms with Crippen molar-refractivity contribution < 1.29 is 31.5 Å². The Morgan fingerprint density at radius 2 is 1.64 bits per heavy atom. The number of carbonyl (C=O) groups is 2. The van der Waals surface area contributed by atoms with Crippen LogP contribution in [0.2, 0.25) is 0 Å². The molecule has 45 heavy (non-hydrogen) atoms. The second-order valence-corrected chi connectivity index (χ2v) is 12.0. The van der Waals surface area contributed by atoms with E-state index < -0.39 is 29.6 Å². The van der Waals surface area contributed by atoms with Crippen molar-refractivity contribution >= 4 is 11.8 Å². The van der Waals surface area contributed by atoms with Gasteiger partial charge >= 0.3 is 6.18 Å². The van der Waals surface area contributed by atoms with Crippen molar-refractivity contribution in [2.24, 2.45) is 0 Å². The second-order valence-electron chi connectivity index (χ2n) is 12.0. The van der Waals surface area contributed by atoms with Crippen molar-refractivity contribution in [3.63, 3.8) is 0 Å². The molecule has 7 nitrogen and oxygen atoms in total. The van der Waals surface area contributed by atoms with E-state index in [2.05, 4.69) is 15.7 Å². The number of rotatable bonds is 11. The second kappa shape index (κ2) is 14.1. The molecule has 1 aliphatic carbocycles. The summed E-state index contributed by atoms with van der Waals surface area (Å²) in [5.41, 5.74) is 0.218. The first-order valence-electron chi connectivity index (χ1n) is 15.5. The monoisotopic (exact) mass is 631 g/mol. The molecule has 0 radical (unpaired) electrons. The van der Waals surface area contributed by atoms with Crippen LogP contribution in [0.5, 0.6) is 0 Å². The highest BCUT2D eigenvalue weighted by Crippen LogP contribution is 2.40. The van der Waals surface area contributed by atoms with Gasteiger partial charge in [0.1, 0.15) is 0 Å². The van der Waals surface area contributed by atoms with Crippen LogP contribution < -0.4 is 10.6 Å². The molecule has 2 aromatic carbocycles. The minimum absolute atomic E-state index is 0.0406. The third-order valence-corrected chi connectivity index (χ3v) is 8.63. The van der Waals surface area contributed by atoms with Gasteiger partial charge in [-0.25, -0.2) is 8.78 Å². The van der Waals surface area contributed by atoms with Crippen molar-refractivity contribution in [2.45, 2.75) is 82.1 Å². The SMILES string of the molecule is O=C(C[C@H](CCN1CCC(F)(F)CC1)NC(=O)c1cc(-c2ccccc2C(F)(F)F)n(C2CCCC2)n1)NCc1ccccc1. The smallest absolute Gasteiger partial charge is 0.352 e. The minimum Gasteiger partial charge on any atom is -0.352 e. The number of amides is 2. The van der Waals surface area contributed by atoms with E-state index in [-0.39, 0.29) is 61.3 Å². The molecule has 2 amide bonds. The third-order valence-electron chi connectivity index (χ3n) is 8.63. The molecule has 0 bridgehead atoms. The largest absolute Gasteiger partial charge is 0.417 e. The maximum absolute atomic E-state index is 14.0. The molecule has 2 heterocycles. The Labute approximate surface area is 259 Å². The van der Waals surface area contributed by atoms with E-state index >= 15 is 0 Å². The number of aromatic nitrogens is 2. The number of benzene rings is 2. The van der Waals surface area contributed by atoms with E-state index in [9.17, 15) is 31.5 Å². The van der Waals surface area contributed by atoms with E-state index in [0.29, 0.717) is 19.5 Å². The highest BCUT2D eigenvalue weighted by molar-refractivity contribution is 5.94. The zero-order chi connectivity index (χ0) is 32.0. The standard InChI is InChI=1S/C33H38F5N5O2/c34-32(35)15-18-42(19-16-32)17-14-24(20-30(44)39-22-23-8-2-1-3-9-23)40-31(45)28-21-29(43(41-28)25-10-4-5-11-25)26-12-6-7-13-27(26)33(36,37)38/h1-3,6-9,12-13,21,24-25H,4-5,10-11,14-20,22H2,(H,39,44)(H,40,45)/t24-/m0/s1. The fraction of sp³-hybridized carbons (Fsp3) is 0.485. The first kappa shape index (κ1) is 32.6. The molecule has 5 rings (SSSR count). The quantitative estimate of drug-likeness (QED) is 0.234. The average Bonchev–Trinajstić information content (AvgIpc) is 3.70. The van der Waals surface area contributed by atoms with Crippen LogP contribution in [-0.2, 0) is 17.5 Å². The van der Waals surface area contributed by atoms with Crippen LogP contribution in [0, 0.1) is 0 Å². The lowest BCUT2D eigenvalue weighted by Gasteiger charge is -2.32. The summed E-state index contributed by atoms with van der Waals surface area (Å²) in [6.07, 6.45) is -1.53. The van der Waals surface area contributed by atoms with Crippen molar-refractivity contribution in [3.05, 3.63) is 77.5 Å². The van der Waals surface area contributed by atoms with Crippen LogP contribution in [0.1, 0.15) is 79.0 Å². The number of piperidine rings is 1. The molecule has 1 aliphatic heterocycles. The minimum atomic E-state index is -4.60. The van der Waals surface area contributed by atoms with Crippen LogP contribution in [0.3, 0.4) is 0 Å². The first-order chi connectivity index (χ1) is 21.5. The Bertz CT molecular complexity index is 1440. The summed E-state index contributed by atoms with van der Waals surface area (Å²) in [5.74, 6) is -3.60. The highest BCUT2D eigenvalue weighted by atomic mass is 19.4. The number of carbonyl (C=O) groups excluding carboxylic acids is 2. The fourth-order valence-electron chi connectivity index (χ4n) is 6.11. The number of hydrogen-bond acceptors (Lipinski definition) is 4. The molecule has 0 spiro atoms. The third kappa shape index (κ3) is 8.68. The zero-order valence-electron chi connectivity index (χ0n) is 25.0. The predicted molar refractivity (Wildman–Crippen MR) is 160 cm³/mol. The van der Waals surface area contributed by atoms with Gasteiger partial charge in [0, 0.05) is 57.0 Å². The molecule has 2 fully saturated rings. The summed E-state index contributed by atoms with van der Waals surface area (Å²) in [7, 11) is 0. The van der Waals surface area contributed by atoms with Gasteiger partial charge in [-0.3, -0.25) is 14.3 Å². The number of nitrogens with one attached hydrogen (secondary N) is 2. The average molecular weight is 632 g/mol. The molecule has 1 saturated heterocycles. The number of likely N-dealkylation sites (tertiary alicyclic amines) is 1. The maximum Gasteiger partial charge on any atom is 0.417 e. The van der Waals surface area contributed by atoms with Gasteiger partial charge in [-0.15, -0.1) is 0 Å². The molecule has 1 atom stereocenters. The number of hydrogen-bond donors (Lipinski definition) is 2. The summed E-state index contributed by atoms with van der Waals surface area (Å²) in [5, 5.41) is 10.2. The Morgan fingerprint density at radius 1 is 0.978 bits per heavy atom. The number of alkyl halides is 5. The van der Waals surface area contributed by atoms with Crippen LogP contribution in [-0.4, -0.2) is 58.1 Å². The summed E-state index contributed by atoms with van der Waals surface area (Å²) in [6, 6.07) is 15.2. The van der Waals surface area contributed by atoms with Gasteiger partial charge < -0.3 is 15.5 Å². The predicted octanol–water partition coefficient (Wildman–Crippen LogP) is 6.61. The number of halogens is 5. The summed E-state index contributed by atoms with van der Waals surface area (Å²) in [6.45, 7) is 1.12. The van der Waals surface area contributed by atoms with Gasteiger partial charge in [-0.1, -0.05) is 61.4 Å². The zero-order valence-corrected chi connectivity index (χ0v) is 25.0. The van der Waals surface area contributed by atoms with Crippen molar-refractivity contribution in [3.8, 4) is 11.3 Å². The van der Waals surface area contributed by atoms with E-state index in [4.69, 9.17) is 0 Å². The molecule has 12 heteroatoms. The lowest BCUT2D eigenvalue weighted by Crippen LogP contribution is -2.44. The van der Waals surface area contributed by atoms with Crippen molar-refractivity contribution in [1.29, 1.82) is 0 Å². The summed E-state index contributed by atoms with van der Waals surface area (Å²) < 4.78 is 70.8. The molecular formula is C33H38F5N5O2. The van der Waals surface area contributed by atoms with E-state index in [1.165, 1.54) is 24.3 Å². The van der Waals surface area contributed by atoms with Crippen molar-refractivity contribution in [2.75, 3.05) is 19.6 Å². The van der Waals surface area contributed by atoms with E-state index in [1.54, 1.807) is 4.68 Å². The fourth-order valence-corrected chi connectivity index (χ4v) is 6.11. The van der Waals surface area contributed by atoms with Crippen LogP contribution in [0.25, 0.3) is 11.3 Å². The lowest BCUT2D eigenvalue weighted by atomic mass is 10.0. The lowest BCUT2D eigenvalue weighted by molar-refractivity contribution is -0.137. The Balaban J connectivity index is 1.35. The van der Waals surface area contributed by atoms with Gasteiger partial charge in [0.25, 0.3) is 11.8 Å². The molecular weight excluding hydrogens is 593 g/mol. The number of nitrogens with zero attached hydrogens (tertiary/aromatic N) is 3. The van der Waals surface area contributed by atoms with Gasteiger partial charge in [0.15, 0.2) is 5.69 Å².